The Hall–Kier alpha value is -1.84. The molecule has 1 fully saturated rings. The molecule has 0 spiro atoms. The lowest BCUT2D eigenvalue weighted by molar-refractivity contribution is -0.125. The Balaban J connectivity index is 2.15. The summed E-state index contributed by atoms with van der Waals surface area (Å²) >= 11 is 0. The first-order valence-electron chi connectivity index (χ1n) is 7.22. The maximum atomic E-state index is 12.5. The summed E-state index contributed by atoms with van der Waals surface area (Å²) in [5.74, 6) is 0.119. The molecular formula is C16H22N2O2. The van der Waals surface area contributed by atoms with Gasteiger partial charge in [-0.3, -0.25) is 4.79 Å². The lowest BCUT2D eigenvalue weighted by Crippen LogP contribution is -2.33. The van der Waals surface area contributed by atoms with Crippen LogP contribution < -0.4 is 5.32 Å². The van der Waals surface area contributed by atoms with E-state index in [1.165, 1.54) is 0 Å². The van der Waals surface area contributed by atoms with Crippen molar-refractivity contribution >= 4 is 17.3 Å². The van der Waals surface area contributed by atoms with Crippen molar-refractivity contribution in [3.63, 3.8) is 0 Å². The zero-order chi connectivity index (χ0) is 14.6. The van der Waals surface area contributed by atoms with Gasteiger partial charge in [0.1, 0.15) is 0 Å². The highest BCUT2D eigenvalue weighted by molar-refractivity contribution is 6.01. The standard InChI is InChI=1S/C16H22N2O2/c1-3-16(9-4-5-10-16)15(19)17-14-8-6-7-13(11-14)12(2)18-20/h6-8,11,20H,3-5,9-10H2,1-2H3,(H,17,19)/b18-12+. The smallest absolute Gasteiger partial charge is 0.230 e. The average molecular weight is 274 g/mol. The zero-order valence-corrected chi connectivity index (χ0v) is 12.1. The van der Waals surface area contributed by atoms with E-state index in [-0.39, 0.29) is 11.3 Å². The molecule has 1 saturated carbocycles. The fraction of sp³-hybridized carbons (Fsp3) is 0.500. The topological polar surface area (TPSA) is 61.7 Å². The van der Waals surface area contributed by atoms with E-state index in [0.717, 1.165) is 43.4 Å². The van der Waals surface area contributed by atoms with E-state index < -0.39 is 0 Å². The molecule has 0 atom stereocenters. The largest absolute Gasteiger partial charge is 0.411 e. The summed E-state index contributed by atoms with van der Waals surface area (Å²) in [6, 6.07) is 7.42. The summed E-state index contributed by atoms with van der Waals surface area (Å²) in [5, 5.41) is 15.0. The molecule has 0 heterocycles. The van der Waals surface area contributed by atoms with Crippen molar-refractivity contribution < 1.29 is 10.0 Å². The second-order valence-corrected chi connectivity index (χ2v) is 5.56. The van der Waals surface area contributed by atoms with Crippen molar-refractivity contribution in [2.75, 3.05) is 5.32 Å². The molecule has 1 aliphatic carbocycles. The number of oxime groups is 1. The molecule has 20 heavy (non-hydrogen) atoms. The van der Waals surface area contributed by atoms with Gasteiger partial charge in [-0.05, 0) is 38.3 Å². The molecule has 2 N–H and O–H groups in total. The van der Waals surface area contributed by atoms with Crippen molar-refractivity contribution in [2.24, 2.45) is 10.6 Å². The maximum absolute atomic E-state index is 12.5. The van der Waals surface area contributed by atoms with Gasteiger partial charge >= 0.3 is 0 Å². The number of carbonyl (C=O) groups excluding carboxylic acids is 1. The summed E-state index contributed by atoms with van der Waals surface area (Å²) in [6.07, 6.45) is 5.11. The number of hydrogen-bond donors (Lipinski definition) is 2. The monoisotopic (exact) mass is 274 g/mol. The highest BCUT2D eigenvalue weighted by Crippen LogP contribution is 2.41. The van der Waals surface area contributed by atoms with E-state index in [2.05, 4.69) is 17.4 Å². The van der Waals surface area contributed by atoms with Gasteiger partial charge in [-0.25, -0.2) is 0 Å². The fourth-order valence-corrected chi connectivity index (χ4v) is 2.94. The van der Waals surface area contributed by atoms with Gasteiger partial charge in [0.15, 0.2) is 0 Å². The van der Waals surface area contributed by atoms with E-state index >= 15 is 0 Å². The first-order valence-corrected chi connectivity index (χ1v) is 7.22. The van der Waals surface area contributed by atoms with Crippen molar-refractivity contribution in [3.8, 4) is 0 Å². The van der Waals surface area contributed by atoms with Crippen molar-refractivity contribution in [1.29, 1.82) is 0 Å². The quantitative estimate of drug-likeness (QED) is 0.498. The lowest BCUT2D eigenvalue weighted by atomic mass is 9.82. The highest BCUT2D eigenvalue weighted by atomic mass is 16.4. The minimum Gasteiger partial charge on any atom is -0.411 e. The molecule has 0 aliphatic heterocycles. The van der Waals surface area contributed by atoms with Crippen LogP contribution in [0.3, 0.4) is 0 Å². The van der Waals surface area contributed by atoms with Crippen LogP contribution in [-0.4, -0.2) is 16.8 Å². The minimum absolute atomic E-state index is 0.119. The van der Waals surface area contributed by atoms with Gasteiger partial charge in [0.2, 0.25) is 5.91 Å². The van der Waals surface area contributed by atoms with Gasteiger partial charge in [0.25, 0.3) is 0 Å². The SMILES string of the molecule is CCC1(C(=O)Nc2cccc(/C(C)=N/O)c2)CCCC1. The Kier molecular flexibility index (Phi) is 4.42. The predicted molar refractivity (Wildman–Crippen MR) is 80.3 cm³/mol. The molecule has 0 saturated heterocycles. The molecule has 1 amide bonds. The number of rotatable bonds is 4. The molecule has 1 aromatic rings. The Morgan fingerprint density at radius 3 is 2.70 bits per heavy atom. The molecule has 0 bridgehead atoms. The number of amides is 1. The van der Waals surface area contributed by atoms with Gasteiger partial charge in [-0.15, -0.1) is 0 Å². The molecule has 4 heteroatoms. The van der Waals surface area contributed by atoms with Crippen molar-refractivity contribution in [3.05, 3.63) is 29.8 Å². The second-order valence-electron chi connectivity index (χ2n) is 5.56. The van der Waals surface area contributed by atoms with Gasteiger partial charge in [-0.2, -0.15) is 0 Å². The number of hydrogen-bond acceptors (Lipinski definition) is 3. The summed E-state index contributed by atoms with van der Waals surface area (Å²) in [7, 11) is 0. The Morgan fingerprint density at radius 2 is 2.10 bits per heavy atom. The van der Waals surface area contributed by atoms with E-state index in [9.17, 15) is 4.79 Å². The maximum Gasteiger partial charge on any atom is 0.230 e. The highest BCUT2D eigenvalue weighted by Gasteiger charge is 2.39. The summed E-state index contributed by atoms with van der Waals surface area (Å²) in [5.41, 5.74) is 1.90. The third kappa shape index (κ3) is 2.84. The third-order valence-corrected chi connectivity index (χ3v) is 4.41. The number of nitrogens with zero attached hydrogens (tertiary/aromatic N) is 1. The Bertz CT molecular complexity index is 517. The number of carbonyl (C=O) groups is 1. The molecule has 108 valence electrons. The molecule has 0 aromatic heterocycles. The van der Waals surface area contributed by atoms with Crippen LogP contribution in [0.1, 0.15) is 51.5 Å². The van der Waals surface area contributed by atoms with Crippen molar-refractivity contribution in [1.82, 2.24) is 0 Å². The summed E-state index contributed by atoms with van der Waals surface area (Å²) in [4.78, 5) is 12.5. The number of nitrogens with one attached hydrogen (secondary N) is 1. The number of benzene rings is 1. The van der Waals surface area contributed by atoms with Gasteiger partial charge in [-0.1, -0.05) is 37.1 Å². The molecule has 1 aromatic carbocycles. The minimum atomic E-state index is -0.198. The van der Waals surface area contributed by atoms with Crippen LogP contribution in [0.4, 0.5) is 5.69 Å². The Labute approximate surface area is 119 Å². The van der Waals surface area contributed by atoms with Crippen molar-refractivity contribution in [2.45, 2.75) is 46.0 Å². The van der Waals surface area contributed by atoms with E-state index in [1.54, 1.807) is 6.92 Å². The van der Waals surface area contributed by atoms with Crippen LogP contribution in [0.25, 0.3) is 0 Å². The lowest BCUT2D eigenvalue weighted by Gasteiger charge is -2.26. The first-order chi connectivity index (χ1) is 9.61. The van der Waals surface area contributed by atoms with Crippen LogP contribution in [0.2, 0.25) is 0 Å². The van der Waals surface area contributed by atoms with Crippen LogP contribution in [-0.2, 0) is 4.79 Å². The summed E-state index contributed by atoms with van der Waals surface area (Å²) < 4.78 is 0. The van der Waals surface area contributed by atoms with E-state index in [0.29, 0.717) is 5.71 Å². The van der Waals surface area contributed by atoms with Gasteiger partial charge in [0.05, 0.1) is 5.71 Å². The number of anilines is 1. The van der Waals surface area contributed by atoms with Crippen LogP contribution >= 0.6 is 0 Å². The summed E-state index contributed by atoms with van der Waals surface area (Å²) in [6.45, 7) is 3.81. The second kappa shape index (κ2) is 6.07. The first kappa shape index (κ1) is 14.6. The van der Waals surface area contributed by atoms with Crippen LogP contribution in [0.15, 0.2) is 29.4 Å². The predicted octanol–water partition coefficient (Wildman–Crippen LogP) is 3.79. The average Bonchev–Trinajstić information content (AvgIpc) is 2.97. The van der Waals surface area contributed by atoms with E-state index in [1.807, 2.05) is 24.3 Å². The molecule has 4 nitrogen and oxygen atoms in total. The molecule has 0 unspecified atom stereocenters. The van der Waals surface area contributed by atoms with Gasteiger partial charge in [0, 0.05) is 16.7 Å². The Morgan fingerprint density at radius 1 is 1.40 bits per heavy atom. The molecule has 0 radical (unpaired) electrons. The fourth-order valence-electron chi connectivity index (χ4n) is 2.94. The van der Waals surface area contributed by atoms with E-state index in [4.69, 9.17) is 5.21 Å². The van der Waals surface area contributed by atoms with Crippen LogP contribution in [0, 0.1) is 5.41 Å². The van der Waals surface area contributed by atoms with Crippen LogP contribution in [0.5, 0.6) is 0 Å². The molecule has 1 aliphatic rings. The third-order valence-electron chi connectivity index (χ3n) is 4.41. The zero-order valence-electron chi connectivity index (χ0n) is 12.1. The molecular weight excluding hydrogens is 252 g/mol. The van der Waals surface area contributed by atoms with Gasteiger partial charge < -0.3 is 10.5 Å². The normalized spacial score (nSPS) is 18.0. The molecule has 2 rings (SSSR count).